The lowest BCUT2D eigenvalue weighted by atomic mass is 10.2. The van der Waals surface area contributed by atoms with Crippen molar-refractivity contribution in [2.75, 3.05) is 36.0 Å². The van der Waals surface area contributed by atoms with Crippen LogP contribution in [0.1, 0.15) is 25.7 Å². The molecule has 6 heteroatoms. The van der Waals surface area contributed by atoms with Crippen LogP contribution >= 0.6 is 0 Å². The second kappa shape index (κ2) is 6.86. The van der Waals surface area contributed by atoms with Crippen molar-refractivity contribution in [3.63, 3.8) is 0 Å². The predicted octanol–water partition coefficient (Wildman–Crippen LogP) is 4.02. The maximum absolute atomic E-state index is 2.57. The van der Waals surface area contributed by atoms with E-state index in [0.29, 0.717) is 0 Å². The van der Waals surface area contributed by atoms with E-state index in [-0.39, 0.29) is 0 Å². The molecule has 0 bridgehead atoms. The van der Waals surface area contributed by atoms with Crippen molar-refractivity contribution >= 4 is 45.0 Å². The molecular formula is C28H28N6+2. The van der Waals surface area contributed by atoms with Crippen LogP contribution in [0.2, 0.25) is 0 Å². The van der Waals surface area contributed by atoms with Crippen LogP contribution in [-0.2, 0) is 0 Å². The molecule has 0 aliphatic carbocycles. The highest BCUT2D eigenvalue weighted by atomic mass is 15.4. The molecule has 0 radical (unpaired) electrons. The quantitative estimate of drug-likeness (QED) is 0.374. The number of anilines is 2. The van der Waals surface area contributed by atoms with Crippen LogP contribution in [0.3, 0.4) is 0 Å². The molecule has 168 valence electrons. The third-order valence-electron chi connectivity index (χ3n) is 7.85. The zero-order valence-electron chi connectivity index (χ0n) is 19.3. The van der Waals surface area contributed by atoms with Gasteiger partial charge in [0.1, 0.15) is 11.0 Å². The molecule has 5 aromatic heterocycles. The van der Waals surface area contributed by atoms with Gasteiger partial charge in [-0.3, -0.25) is 9.80 Å². The van der Waals surface area contributed by atoms with Gasteiger partial charge in [0.25, 0.3) is 0 Å². The molecule has 0 atom stereocenters. The Morgan fingerprint density at radius 1 is 0.500 bits per heavy atom. The first-order valence-electron chi connectivity index (χ1n) is 12.6. The SMILES string of the molecule is c1ccc2c(c1)n1c(N3CCCC3)[n+]3ccccc3c1c1c3cccc[n+]3c(N3CCCC3)n21. The van der Waals surface area contributed by atoms with Crippen LogP contribution in [0, 0.1) is 0 Å². The lowest BCUT2D eigenvalue weighted by Gasteiger charge is -2.12. The van der Waals surface area contributed by atoms with E-state index >= 15 is 0 Å². The van der Waals surface area contributed by atoms with Gasteiger partial charge in [-0.1, -0.05) is 24.3 Å². The standard InChI is InChI=1S/C28H28N6/c1-2-12-22-21(11-1)33-25(23-13-3-5-19-31(23)27(33)29-15-7-8-16-29)26-24-14-4-6-20-32(24)28(34(22)26)30-17-9-10-18-30/h1-6,11-14,19-20H,7-10,15-18H2/q+2. The molecule has 0 unspecified atom stereocenters. The first-order chi connectivity index (χ1) is 16.9. The average molecular weight is 449 g/mol. The van der Waals surface area contributed by atoms with E-state index in [0.717, 1.165) is 26.2 Å². The Bertz CT molecular complexity index is 1600. The summed E-state index contributed by atoms with van der Waals surface area (Å²) < 4.78 is 9.89. The van der Waals surface area contributed by atoms with Gasteiger partial charge < -0.3 is 0 Å². The summed E-state index contributed by atoms with van der Waals surface area (Å²) in [7, 11) is 0. The number of hydrogen-bond donors (Lipinski definition) is 0. The van der Waals surface area contributed by atoms with E-state index < -0.39 is 0 Å². The first kappa shape index (κ1) is 18.6. The molecule has 0 amide bonds. The van der Waals surface area contributed by atoms with E-state index in [2.05, 4.69) is 100 Å². The lowest BCUT2D eigenvalue weighted by molar-refractivity contribution is -0.497. The summed E-state index contributed by atoms with van der Waals surface area (Å²) in [5.41, 5.74) is 7.62. The van der Waals surface area contributed by atoms with Crippen LogP contribution in [0.5, 0.6) is 0 Å². The molecule has 1 aromatic carbocycles. The summed E-state index contributed by atoms with van der Waals surface area (Å²) in [6.07, 6.45) is 9.50. The van der Waals surface area contributed by atoms with Crippen molar-refractivity contribution in [3.05, 3.63) is 73.1 Å². The summed E-state index contributed by atoms with van der Waals surface area (Å²) >= 11 is 0. The third-order valence-corrected chi connectivity index (χ3v) is 7.85. The minimum Gasteiger partial charge on any atom is -0.263 e. The van der Waals surface area contributed by atoms with E-state index in [9.17, 15) is 0 Å². The maximum atomic E-state index is 2.57. The molecule has 0 spiro atoms. The molecule has 2 aliphatic heterocycles. The smallest absolute Gasteiger partial charge is 0.263 e. The molecule has 0 N–H and O–H groups in total. The van der Waals surface area contributed by atoms with Gasteiger partial charge >= 0.3 is 11.9 Å². The van der Waals surface area contributed by atoms with Crippen molar-refractivity contribution in [2.24, 2.45) is 0 Å². The average Bonchev–Trinajstić information content (AvgIpc) is 3.68. The molecule has 0 saturated carbocycles. The van der Waals surface area contributed by atoms with Gasteiger partial charge in [0, 0.05) is 0 Å². The molecule has 6 aromatic rings. The van der Waals surface area contributed by atoms with Gasteiger partial charge in [-0.05, 0) is 62.1 Å². The highest BCUT2D eigenvalue weighted by Crippen LogP contribution is 2.35. The van der Waals surface area contributed by atoms with Gasteiger partial charge in [-0.2, -0.15) is 8.80 Å². The minimum atomic E-state index is 1.11. The topological polar surface area (TPSA) is 23.5 Å². The summed E-state index contributed by atoms with van der Waals surface area (Å²) in [6, 6.07) is 22.2. The zero-order chi connectivity index (χ0) is 22.2. The third kappa shape index (κ3) is 2.30. The fourth-order valence-corrected chi connectivity index (χ4v) is 6.44. The van der Waals surface area contributed by atoms with Gasteiger partial charge in [-0.25, -0.2) is 8.80 Å². The molecule has 2 aliphatic rings. The Hall–Kier alpha value is -3.80. The lowest BCUT2D eigenvalue weighted by Crippen LogP contribution is -2.33. The Labute approximate surface area is 197 Å². The van der Waals surface area contributed by atoms with Crippen molar-refractivity contribution in [1.82, 2.24) is 8.80 Å². The normalized spacial score (nSPS) is 16.9. The van der Waals surface area contributed by atoms with Crippen molar-refractivity contribution in [3.8, 4) is 0 Å². The number of aromatic nitrogens is 4. The van der Waals surface area contributed by atoms with Gasteiger partial charge in [-0.15, -0.1) is 0 Å². The van der Waals surface area contributed by atoms with Crippen molar-refractivity contribution in [2.45, 2.75) is 25.7 Å². The molecule has 7 heterocycles. The van der Waals surface area contributed by atoms with E-state index in [1.54, 1.807) is 0 Å². The number of nitrogens with zero attached hydrogens (tertiary/aromatic N) is 6. The summed E-state index contributed by atoms with van der Waals surface area (Å²) in [6.45, 7) is 4.44. The predicted molar refractivity (Wildman–Crippen MR) is 135 cm³/mol. The number of hydrogen-bond acceptors (Lipinski definition) is 2. The summed E-state index contributed by atoms with van der Waals surface area (Å²) in [5, 5.41) is 0. The van der Waals surface area contributed by atoms with Crippen LogP contribution in [0.25, 0.3) is 33.1 Å². The van der Waals surface area contributed by atoms with Crippen LogP contribution in [-0.4, -0.2) is 35.0 Å². The van der Waals surface area contributed by atoms with Gasteiger partial charge in [0.05, 0.1) is 38.6 Å². The van der Waals surface area contributed by atoms with Crippen molar-refractivity contribution < 1.29 is 8.80 Å². The maximum Gasteiger partial charge on any atom is 0.370 e. The molecular weight excluding hydrogens is 420 g/mol. The number of fused-ring (bicyclic) bond motifs is 10. The largest absolute Gasteiger partial charge is 0.370 e. The molecule has 6 nitrogen and oxygen atoms in total. The number of benzene rings is 1. The number of rotatable bonds is 2. The second-order valence-electron chi connectivity index (χ2n) is 9.76. The van der Waals surface area contributed by atoms with E-state index in [1.807, 2.05) is 0 Å². The molecule has 2 saturated heterocycles. The minimum absolute atomic E-state index is 1.11. The summed E-state index contributed by atoms with van der Waals surface area (Å²) in [5.74, 6) is 2.56. The van der Waals surface area contributed by atoms with Crippen LogP contribution in [0.15, 0.2) is 73.1 Å². The number of pyridine rings is 2. The Morgan fingerprint density at radius 2 is 0.912 bits per heavy atom. The van der Waals surface area contributed by atoms with E-state index in [1.165, 1.54) is 70.7 Å². The highest BCUT2D eigenvalue weighted by Gasteiger charge is 2.36. The Morgan fingerprint density at radius 3 is 1.35 bits per heavy atom. The Balaban J connectivity index is 1.69. The monoisotopic (exact) mass is 448 g/mol. The Kier molecular flexibility index (Phi) is 3.75. The number of imidazole rings is 2. The molecule has 8 rings (SSSR count). The summed E-state index contributed by atoms with van der Waals surface area (Å²) in [4.78, 5) is 5.14. The molecule has 34 heavy (non-hydrogen) atoms. The first-order valence-corrected chi connectivity index (χ1v) is 12.6. The zero-order valence-corrected chi connectivity index (χ0v) is 19.3. The van der Waals surface area contributed by atoms with Crippen molar-refractivity contribution in [1.29, 1.82) is 0 Å². The number of para-hydroxylation sites is 2. The van der Waals surface area contributed by atoms with Gasteiger partial charge in [0.2, 0.25) is 0 Å². The fraction of sp³-hybridized carbons (Fsp3) is 0.286. The van der Waals surface area contributed by atoms with E-state index in [4.69, 9.17) is 0 Å². The van der Waals surface area contributed by atoms with Crippen LogP contribution < -0.4 is 18.6 Å². The molecule has 2 fully saturated rings. The fourth-order valence-electron chi connectivity index (χ4n) is 6.44. The van der Waals surface area contributed by atoms with Crippen LogP contribution in [0.4, 0.5) is 11.9 Å². The van der Waals surface area contributed by atoms with Gasteiger partial charge in [0.15, 0.2) is 22.1 Å². The highest BCUT2D eigenvalue weighted by molar-refractivity contribution is 6.04. The second-order valence-corrected chi connectivity index (χ2v) is 9.76.